The van der Waals surface area contributed by atoms with E-state index in [2.05, 4.69) is 21.9 Å². The van der Waals surface area contributed by atoms with E-state index in [0.717, 1.165) is 53.5 Å². The van der Waals surface area contributed by atoms with Crippen LogP contribution in [0.5, 0.6) is 0 Å². The molecule has 1 aliphatic rings. The Kier molecular flexibility index (Phi) is 5.51. The molecule has 3 aromatic heterocycles. The van der Waals surface area contributed by atoms with Crippen molar-refractivity contribution in [2.45, 2.75) is 44.4 Å². The molecule has 5 aromatic rings. The molecule has 0 amide bonds. The molecule has 2 aromatic carbocycles. The molecule has 0 saturated heterocycles. The van der Waals surface area contributed by atoms with E-state index >= 15 is 0 Å². The minimum absolute atomic E-state index is 0.220. The summed E-state index contributed by atoms with van der Waals surface area (Å²) < 4.78 is 28.7. The number of aromatic nitrogens is 4. The molecule has 6 rings (SSSR count). The van der Waals surface area contributed by atoms with E-state index in [9.17, 15) is 8.78 Å². The highest BCUT2D eigenvalue weighted by Crippen LogP contribution is 2.43. The van der Waals surface area contributed by atoms with Crippen molar-refractivity contribution in [1.82, 2.24) is 19.9 Å². The van der Waals surface area contributed by atoms with Crippen LogP contribution in [0.1, 0.15) is 55.8 Å². The number of benzene rings is 2. The lowest BCUT2D eigenvalue weighted by Crippen LogP contribution is -2.19. The van der Waals surface area contributed by atoms with Crippen LogP contribution in [0.15, 0.2) is 67.1 Å². The zero-order valence-electron chi connectivity index (χ0n) is 19.5. The highest BCUT2D eigenvalue weighted by Gasteiger charge is 2.29. The van der Waals surface area contributed by atoms with E-state index in [4.69, 9.17) is 4.98 Å². The summed E-state index contributed by atoms with van der Waals surface area (Å²) >= 11 is 0. The smallest absolute Gasteiger partial charge is 0.133 e. The summed E-state index contributed by atoms with van der Waals surface area (Å²) in [6.45, 7) is 2.21. The summed E-state index contributed by atoms with van der Waals surface area (Å²) in [4.78, 5) is 16.7. The number of fused-ring (bicyclic) bond motifs is 2. The van der Waals surface area contributed by atoms with Crippen molar-refractivity contribution in [2.24, 2.45) is 5.92 Å². The summed E-state index contributed by atoms with van der Waals surface area (Å²) in [5, 5.41) is 0.924. The standard InChI is InChI=1S/C29H26F2N4/c1-17(29-34-27-14-23(20-3-2-11-32-16-20)25(31)15-28(27)35-29)18-4-6-19(7-5-18)22-10-12-33-26-9-8-21(30)13-24(22)26/h2-3,8-19H,4-7H2,1H3,(H,34,35)/t17-,18-,19+/m0/s1. The molecular weight excluding hydrogens is 442 g/mol. The fourth-order valence-electron chi connectivity index (χ4n) is 5.66. The number of hydrogen-bond acceptors (Lipinski definition) is 3. The molecule has 0 spiro atoms. The van der Waals surface area contributed by atoms with E-state index in [0.29, 0.717) is 22.9 Å². The molecule has 3 heterocycles. The van der Waals surface area contributed by atoms with Crippen molar-refractivity contribution < 1.29 is 8.78 Å². The van der Waals surface area contributed by atoms with Gasteiger partial charge in [0.05, 0.1) is 16.6 Å². The molecule has 35 heavy (non-hydrogen) atoms. The number of imidazole rings is 1. The van der Waals surface area contributed by atoms with Crippen molar-refractivity contribution in [3.8, 4) is 11.1 Å². The van der Waals surface area contributed by atoms with Gasteiger partial charge in [-0.1, -0.05) is 13.0 Å². The third kappa shape index (κ3) is 4.07. The van der Waals surface area contributed by atoms with Crippen LogP contribution in [0, 0.1) is 17.6 Å². The molecule has 0 bridgehead atoms. The summed E-state index contributed by atoms with van der Waals surface area (Å²) in [5.74, 6) is 1.51. The summed E-state index contributed by atoms with van der Waals surface area (Å²) in [6.07, 6.45) is 9.41. The van der Waals surface area contributed by atoms with E-state index in [1.807, 2.05) is 24.4 Å². The zero-order chi connectivity index (χ0) is 23.9. The molecule has 1 aliphatic carbocycles. The average Bonchev–Trinajstić information content (AvgIpc) is 3.31. The van der Waals surface area contributed by atoms with Crippen molar-refractivity contribution in [2.75, 3.05) is 0 Å². The Bertz CT molecular complexity index is 1500. The number of nitrogens with one attached hydrogen (secondary N) is 1. The molecule has 1 fully saturated rings. The monoisotopic (exact) mass is 468 g/mol. The maximum Gasteiger partial charge on any atom is 0.133 e. The third-order valence-electron chi connectivity index (χ3n) is 7.65. The molecule has 0 radical (unpaired) electrons. The quantitative estimate of drug-likeness (QED) is 0.297. The average molecular weight is 469 g/mol. The van der Waals surface area contributed by atoms with Crippen LogP contribution in [0.3, 0.4) is 0 Å². The Morgan fingerprint density at radius 3 is 2.60 bits per heavy atom. The van der Waals surface area contributed by atoms with Crippen LogP contribution in [-0.2, 0) is 0 Å². The van der Waals surface area contributed by atoms with Crippen molar-refractivity contribution in [3.63, 3.8) is 0 Å². The lowest BCUT2D eigenvalue weighted by Gasteiger charge is -2.32. The first kappa shape index (κ1) is 21.8. The topological polar surface area (TPSA) is 54.5 Å². The molecule has 1 saturated carbocycles. The minimum Gasteiger partial charge on any atom is -0.342 e. The SMILES string of the molecule is C[C@H](c1nc2cc(F)c(-c3cccnc3)cc2[nH]1)[C@H]1CC[C@@H](c2ccnc3ccc(F)cc32)CC1. The van der Waals surface area contributed by atoms with Gasteiger partial charge in [0.2, 0.25) is 0 Å². The van der Waals surface area contributed by atoms with Crippen LogP contribution in [0.2, 0.25) is 0 Å². The van der Waals surface area contributed by atoms with Gasteiger partial charge in [0.15, 0.2) is 0 Å². The molecular formula is C29H26F2N4. The van der Waals surface area contributed by atoms with Gasteiger partial charge in [-0.25, -0.2) is 13.8 Å². The van der Waals surface area contributed by atoms with Gasteiger partial charge in [0.1, 0.15) is 17.5 Å². The molecule has 176 valence electrons. The van der Waals surface area contributed by atoms with Crippen LogP contribution >= 0.6 is 0 Å². The number of aromatic amines is 1. The molecule has 0 unspecified atom stereocenters. The third-order valence-corrected chi connectivity index (χ3v) is 7.65. The van der Waals surface area contributed by atoms with Gasteiger partial charge < -0.3 is 4.98 Å². The lowest BCUT2D eigenvalue weighted by molar-refractivity contribution is 0.286. The molecule has 0 aliphatic heterocycles. The second-order valence-electron chi connectivity index (χ2n) is 9.67. The largest absolute Gasteiger partial charge is 0.342 e. The first-order valence-electron chi connectivity index (χ1n) is 12.2. The van der Waals surface area contributed by atoms with Crippen LogP contribution < -0.4 is 0 Å². The molecule has 1 atom stereocenters. The number of halogens is 2. The number of hydrogen-bond donors (Lipinski definition) is 1. The highest BCUT2D eigenvalue weighted by atomic mass is 19.1. The van der Waals surface area contributed by atoms with Gasteiger partial charge in [-0.15, -0.1) is 0 Å². The Balaban J connectivity index is 1.21. The van der Waals surface area contributed by atoms with E-state index in [1.165, 1.54) is 17.7 Å². The Morgan fingerprint density at radius 2 is 1.80 bits per heavy atom. The Labute approximate surface area is 202 Å². The molecule has 4 nitrogen and oxygen atoms in total. The predicted molar refractivity (Wildman–Crippen MR) is 134 cm³/mol. The maximum atomic E-state index is 14.8. The van der Waals surface area contributed by atoms with Gasteiger partial charge in [0.25, 0.3) is 0 Å². The summed E-state index contributed by atoms with van der Waals surface area (Å²) in [5.41, 5.74) is 4.80. The summed E-state index contributed by atoms with van der Waals surface area (Å²) in [7, 11) is 0. The van der Waals surface area contributed by atoms with Gasteiger partial charge in [-0.05, 0) is 79.5 Å². The second kappa shape index (κ2) is 8.84. The van der Waals surface area contributed by atoms with Gasteiger partial charge in [0, 0.05) is 47.1 Å². The Hall–Kier alpha value is -3.67. The summed E-state index contributed by atoms with van der Waals surface area (Å²) in [6, 6.07) is 13.9. The van der Waals surface area contributed by atoms with Crippen molar-refractivity contribution in [1.29, 1.82) is 0 Å². The van der Waals surface area contributed by atoms with Crippen LogP contribution in [-0.4, -0.2) is 19.9 Å². The molecule has 6 heteroatoms. The van der Waals surface area contributed by atoms with E-state index in [1.54, 1.807) is 30.6 Å². The fourth-order valence-corrected chi connectivity index (χ4v) is 5.66. The van der Waals surface area contributed by atoms with Gasteiger partial charge in [-0.2, -0.15) is 0 Å². The zero-order valence-corrected chi connectivity index (χ0v) is 19.5. The van der Waals surface area contributed by atoms with E-state index < -0.39 is 0 Å². The predicted octanol–water partition coefficient (Wildman–Crippen LogP) is 7.53. The number of H-pyrrole nitrogens is 1. The van der Waals surface area contributed by atoms with Gasteiger partial charge in [-0.3, -0.25) is 9.97 Å². The van der Waals surface area contributed by atoms with Gasteiger partial charge >= 0.3 is 0 Å². The van der Waals surface area contributed by atoms with Crippen molar-refractivity contribution >= 4 is 21.9 Å². The normalized spacial score (nSPS) is 19.3. The van der Waals surface area contributed by atoms with Crippen LogP contribution in [0.25, 0.3) is 33.1 Å². The second-order valence-corrected chi connectivity index (χ2v) is 9.67. The van der Waals surface area contributed by atoms with Crippen molar-refractivity contribution in [3.05, 3.63) is 90.1 Å². The molecule has 1 N–H and O–H groups in total. The fraction of sp³-hybridized carbons (Fsp3) is 0.276. The lowest BCUT2D eigenvalue weighted by atomic mass is 9.73. The first-order valence-corrected chi connectivity index (χ1v) is 12.2. The van der Waals surface area contributed by atoms with Crippen LogP contribution in [0.4, 0.5) is 8.78 Å². The minimum atomic E-state index is -0.294. The number of pyridine rings is 2. The number of rotatable bonds is 4. The Morgan fingerprint density at radius 1 is 0.943 bits per heavy atom. The maximum absolute atomic E-state index is 14.8. The van der Waals surface area contributed by atoms with E-state index in [-0.39, 0.29) is 17.6 Å². The first-order chi connectivity index (χ1) is 17.1. The highest BCUT2D eigenvalue weighted by molar-refractivity contribution is 5.83. The number of nitrogens with zero attached hydrogens (tertiary/aromatic N) is 3.